The van der Waals surface area contributed by atoms with Crippen molar-refractivity contribution in [2.75, 3.05) is 6.54 Å². The molecule has 0 fully saturated rings. The monoisotopic (exact) mass is 271 g/mol. The van der Waals surface area contributed by atoms with Gasteiger partial charge >= 0.3 is 5.97 Å². The Morgan fingerprint density at radius 2 is 2.11 bits per heavy atom. The van der Waals surface area contributed by atoms with Crippen LogP contribution in [0.5, 0.6) is 5.75 Å². The number of benzene rings is 1. The lowest BCUT2D eigenvalue weighted by Gasteiger charge is -2.36. The number of phenols is 1. The molecule has 5 heteroatoms. The van der Waals surface area contributed by atoms with E-state index in [-0.39, 0.29) is 24.2 Å². The quantitative estimate of drug-likeness (QED) is 0.771. The minimum atomic E-state index is -0.869. The molecular formula is C13H18ClNO3. The summed E-state index contributed by atoms with van der Waals surface area (Å²) in [6.45, 7) is 4.17. The van der Waals surface area contributed by atoms with Gasteiger partial charge in [-0.15, -0.1) is 12.4 Å². The summed E-state index contributed by atoms with van der Waals surface area (Å²) in [6, 6.07) is 4.92. The maximum atomic E-state index is 11.3. The Morgan fingerprint density at radius 1 is 1.44 bits per heavy atom. The molecule has 0 saturated heterocycles. The lowest BCUT2D eigenvalue weighted by molar-refractivity contribution is -0.148. The molecule has 1 aliphatic rings. The van der Waals surface area contributed by atoms with E-state index in [4.69, 9.17) is 0 Å². The van der Waals surface area contributed by atoms with Crippen LogP contribution in [0.3, 0.4) is 0 Å². The summed E-state index contributed by atoms with van der Waals surface area (Å²) < 4.78 is 0. The number of hydrogen-bond donors (Lipinski definition) is 3. The van der Waals surface area contributed by atoms with Gasteiger partial charge < -0.3 is 15.5 Å². The minimum absolute atomic E-state index is 0. The van der Waals surface area contributed by atoms with Crippen LogP contribution in [0.25, 0.3) is 0 Å². The molecule has 100 valence electrons. The summed E-state index contributed by atoms with van der Waals surface area (Å²) in [5, 5.41) is 22.0. The molecular weight excluding hydrogens is 254 g/mol. The number of hydrogen-bond acceptors (Lipinski definition) is 3. The highest BCUT2D eigenvalue weighted by atomic mass is 35.5. The van der Waals surface area contributed by atoms with E-state index < -0.39 is 11.4 Å². The van der Waals surface area contributed by atoms with Crippen molar-refractivity contribution in [3.05, 3.63) is 29.3 Å². The molecule has 18 heavy (non-hydrogen) atoms. The summed E-state index contributed by atoms with van der Waals surface area (Å²) in [5.74, 6) is -0.589. The van der Waals surface area contributed by atoms with Crippen molar-refractivity contribution in [3.8, 4) is 5.75 Å². The number of aliphatic carboxylic acids is 1. The van der Waals surface area contributed by atoms with Crippen molar-refractivity contribution >= 4 is 18.4 Å². The van der Waals surface area contributed by atoms with Crippen molar-refractivity contribution in [1.29, 1.82) is 0 Å². The van der Waals surface area contributed by atoms with Crippen LogP contribution in [0.1, 0.15) is 31.0 Å². The van der Waals surface area contributed by atoms with Gasteiger partial charge in [-0.2, -0.15) is 0 Å². The second-order valence-corrected chi connectivity index (χ2v) is 5.05. The highest BCUT2D eigenvalue weighted by molar-refractivity contribution is 5.85. The Morgan fingerprint density at radius 3 is 2.72 bits per heavy atom. The zero-order valence-electron chi connectivity index (χ0n) is 10.4. The number of nitrogens with one attached hydrogen (secondary N) is 1. The maximum Gasteiger partial charge on any atom is 0.311 e. The van der Waals surface area contributed by atoms with Crippen LogP contribution in [0.15, 0.2) is 18.2 Å². The van der Waals surface area contributed by atoms with E-state index in [1.807, 2.05) is 6.07 Å². The van der Waals surface area contributed by atoms with Crippen LogP contribution in [0, 0.1) is 5.41 Å². The predicted octanol–water partition coefficient (Wildman–Crippen LogP) is 2.11. The van der Waals surface area contributed by atoms with Crippen molar-refractivity contribution in [2.24, 2.45) is 5.41 Å². The number of carboxylic acid groups (broad SMARTS) is 1. The fourth-order valence-electron chi connectivity index (χ4n) is 2.32. The smallest absolute Gasteiger partial charge is 0.311 e. The minimum Gasteiger partial charge on any atom is -0.508 e. The first kappa shape index (κ1) is 14.8. The van der Waals surface area contributed by atoms with E-state index in [0.717, 1.165) is 24.1 Å². The van der Waals surface area contributed by atoms with Crippen LogP contribution in [0.4, 0.5) is 0 Å². The van der Waals surface area contributed by atoms with E-state index >= 15 is 0 Å². The Labute approximate surface area is 112 Å². The Kier molecular flexibility index (Phi) is 4.24. The second-order valence-electron chi connectivity index (χ2n) is 5.05. The van der Waals surface area contributed by atoms with Gasteiger partial charge in [-0.3, -0.25) is 4.79 Å². The summed E-state index contributed by atoms with van der Waals surface area (Å²) in [7, 11) is 0. The Balaban J connectivity index is 0.00000162. The van der Waals surface area contributed by atoms with Crippen molar-refractivity contribution in [1.82, 2.24) is 5.32 Å². The zero-order valence-corrected chi connectivity index (χ0v) is 11.3. The van der Waals surface area contributed by atoms with E-state index in [0.29, 0.717) is 0 Å². The number of fused-ring (bicyclic) bond motifs is 1. The molecule has 0 amide bonds. The molecule has 0 bridgehead atoms. The molecule has 1 aliphatic heterocycles. The predicted molar refractivity (Wildman–Crippen MR) is 71.2 cm³/mol. The van der Waals surface area contributed by atoms with Crippen molar-refractivity contribution < 1.29 is 15.0 Å². The van der Waals surface area contributed by atoms with E-state index in [2.05, 4.69) is 5.32 Å². The number of phenolic OH excluding ortho intramolecular Hbond substituents is 1. The summed E-state index contributed by atoms with van der Waals surface area (Å²) >= 11 is 0. The molecule has 0 aliphatic carbocycles. The van der Waals surface area contributed by atoms with Gasteiger partial charge in [0.15, 0.2) is 0 Å². The highest BCUT2D eigenvalue weighted by Gasteiger charge is 2.39. The number of carbonyl (C=O) groups is 1. The molecule has 1 aromatic carbocycles. The van der Waals surface area contributed by atoms with Crippen LogP contribution >= 0.6 is 12.4 Å². The van der Waals surface area contributed by atoms with Crippen molar-refractivity contribution in [2.45, 2.75) is 26.3 Å². The summed E-state index contributed by atoms with van der Waals surface area (Å²) in [5.41, 5.74) is 1.14. The molecule has 4 nitrogen and oxygen atoms in total. The topological polar surface area (TPSA) is 69.6 Å². The third kappa shape index (κ3) is 2.44. The van der Waals surface area contributed by atoms with Crippen LogP contribution < -0.4 is 5.32 Å². The normalized spacial score (nSPS) is 18.7. The fraction of sp³-hybridized carbons (Fsp3) is 0.462. The lowest BCUT2D eigenvalue weighted by atomic mass is 9.77. The standard InChI is InChI=1S/C13H17NO3.ClH/c1-13(2,12(16)17)11-10-4-3-9(15)7-8(10)5-6-14-11;/h3-4,7,11,14-15H,5-6H2,1-2H3,(H,16,17);1H. The maximum absolute atomic E-state index is 11.3. The molecule has 1 atom stereocenters. The van der Waals surface area contributed by atoms with Gasteiger partial charge in [-0.05, 0) is 50.1 Å². The summed E-state index contributed by atoms with van der Waals surface area (Å²) in [6.07, 6.45) is 0.815. The van der Waals surface area contributed by atoms with Crippen LogP contribution in [-0.2, 0) is 11.2 Å². The van der Waals surface area contributed by atoms with Gasteiger partial charge in [0.2, 0.25) is 0 Å². The third-order valence-corrected chi connectivity index (χ3v) is 3.45. The van der Waals surface area contributed by atoms with Gasteiger partial charge in [-0.1, -0.05) is 6.07 Å². The third-order valence-electron chi connectivity index (χ3n) is 3.45. The fourth-order valence-corrected chi connectivity index (χ4v) is 2.32. The molecule has 0 saturated carbocycles. The van der Waals surface area contributed by atoms with Gasteiger partial charge in [0.1, 0.15) is 5.75 Å². The van der Waals surface area contributed by atoms with E-state index in [1.54, 1.807) is 26.0 Å². The Hall–Kier alpha value is -1.26. The first-order valence-corrected chi connectivity index (χ1v) is 5.71. The van der Waals surface area contributed by atoms with Gasteiger partial charge in [-0.25, -0.2) is 0 Å². The zero-order chi connectivity index (χ0) is 12.6. The number of aromatic hydroxyl groups is 1. The SMILES string of the molecule is CC(C)(C(=O)O)C1NCCc2cc(O)ccc21.Cl. The molecule has 2 rings (SSSR count). The molecule has 1 aromatic rings. The van der Waals surface area contributed by atoms with Gasteiger partial charge in [0.05, 0.1) is 5.41 Å². The second kappa shape index (κ2) is 5.16. The molecule has 1 unspecified atom stereocenters. The Bertz CT molecular complexity index is 460. The lowest BCUT2D eigenvalue weighted by Crippen LogP contribution is -2.43. The van der Waals surface area contributed by atoms with E-state index in [9.17, 15) is 15.0 Å². The average Bonchev–Trinajstić information content (AvgIpc) is 2.27. The largest absolute Gasteiger partial charge is 0.508 e. The highest BCUT2D eigenvalue weighted by Crippen LogP contribution is 2.38. The molecule has 0 radical (unpaired) electrons. The van der Waals surface area contributed by atoms with Crippen LogP contribution in [-0.4, -0.2) is 22.7 Å². The van der Waals surface area contributed by atoms with Crippen LogP contribution in [0.2, 0.25) is 0 Å². The number of halogens is 1. The average molecular weight is 272 g/mol. The number of carboxylic acids is 1. The molecule has 0 aromatic heterocycles. The molecule has 0 spiro atoms. The first-order chi connectivity index (χ1) is 7.93. The van der Waals surface area contributed by atoms with Gasteiger partial charge in [0, 0.05) is 6.04 Å². The molecule has 3 N–H and O–H groups in total. The summed E-state index contributed by atoms with van der Waals surface area (Å²) in [4.78, 5) is 11.3. The molecule has 1 heterocycles. The van der Waals surface area contributed by atoms with Crippen molar-refractivity contribution in [3.63, 3.8) is 0 Å². The first-order valence-electron chi connectivity index (χ1n) is 5.71. The van der Waals surface area contributed by atoms with Gasteiger partial charge in [0.25, 0.3) is 0 Å². The van der Waals surface area contributed by atoms with E-state index in [1.165, 1.54) is 0 Å². The number of rotatable bonds is 2.